The first-order valence-corrected chi connectivity index (χ1v) is 6.94. The maximum absolute atomic E-state index is 3.78. The Hall–Kier alpha value is -0.0800. The largest absolute Gasteiger partial charge is 0.312 e. The van der Waals surface area contributed by atoms with Gasteiger partial charge in [0, 0.05) is 18.6 Å². The standard InChI is InChI=1S/C14H30N2/c1-6-14(12-7-8-12)15-10-13(16(4)5)9-11(2)3/h11-15H,6-10H2,1-5H3. The molecule has 0 bridgehead atoms. The van der Waals surface area contributed by atoms with E-state index < -0.39 is 0 Å². The van der Waals surface area contributed by atoms with Crippen molar-refractivity contribution in [2.75, 3.05) is 20.6 Å². The minimum atomic E-state index is 0.688. The van der Waals surface area contributed by atoms with E-state index in [-0.39, 0.29) is 0 Å². The normalized spacial score (nSPS) is 20.4. The van der Waals surface area contributed by atoms with Crippen molar-refractivity contribution in [2.24, 2.45) is 11.8 Å². The van der Waals surface area contributed by atoms with Gasteiger partial charge in [-0.15, -0.1) is 0 Å². The molecule has 2 heteroatoms. The van der Waals surface area contributed by atoms with Gasteiger partial charge in [-0.05, 0) is 51.6 Å². The Kier molecular flexibility index (Phi) is 5.77. The molecular formula is C14H30N2. The molecule has 1 aliphatic carbocycles. The first-order chi connectivity index (χ1) is 7.54. The topological polar surface area (TPSA) is 15.3 Å². The van der Waals surface area contributed by atoms with E-state index in [0.717, 1.165) is 24.4 Å². The average Bonchev–Trinajstić information content (AvgIpc) is 3.00. The van der Waals surface area contributed by atoms with Crippen molar-refractivity contribution < 1.29 is 0 Å². The highest BCUT2D eigenvalue weighted by Crippen LogP contribution is 2.33. The van der Waals surface area contributed by atoms with E-state index in [1.54, 1.807) is 0 Å². The second kappa shape index (κ2) is 6.61. The van der Waals surface area contributed by atoms with Gasteiger partial charge in [-0.2, -0.15) is 0 Å². The van der Waals surface area contributed by atoms with E-state index in [4.69, 9.17) is 0 Å². The van der Waals surface area contributed by atoms with Crippen LogP contribution >= 0.6 is 0 Å². The van der Waals surface area contributed by atoms with Gasteiger partial charge < -0.3 is 10.2 Å². The summed E-state index contributed by atoms with van der Waals surface area (Å²) in [7, 11) is 4.40. The summed E-state index contributed by atoms with van der Waals surface area (Å²) in [4.78, 5) is 2.37. The van der Waals surface area contributed by atoms with Crippen LogP contribution in [0.1, 0.15) is 46.5 Å². The minimum absolute atomic E-state index is 0.688. The number of hydrogen-bond donors (Lipinski definition) is 1. The monoisotopic (exact) mass is 226 g/mol. The van der Waals surface area contributed by atoms with Crippen molar-refractivity contribution in [1.82, 2.24) is 10.2 Å². The van der Waals surface area contributed by atoms with Crippen LogP contribution in [0.15, 0.2) is 0 Å². The molecule has 0 aromatic rings. The highest BCUT2D eigenvalue weighted by atomic mass is 15.1. The summed E-state index contributed by atoms with van der Waals surface area (Å²) in [6, 6.07) is 1.46. The fraction of sp³-hybridized carbons (Fsp3) is 1.00. The zero-order valence-corrected chi connectivity index (χ0v) is 11.8. The number of nitrogens with one attached hydrogen (secondary N) is 1. The number of hydrogen-bond acceptors (Lipinski definition) is 2. The highest BCUT2D eigenvalue weighted by molar-refractivity contribution is 4.86. The summed E-state index contributed by atoms with van der Waals surface area (Å²) in [6.07, 6.45) is 5.47. The first-order valence-electron chi connectivity index (χ1n) is 6.94. The summed E-state index contributed by atoms with van der Waals surface area (Å²) in [5, 5.41) is 3.78. The molecule has 0 heterocycles. The molecule has 0 aromatic carbocycles. The van der Waals surface area contributed by atoms with Crippen LogP contribution in [-0.4, -0.2) is 37.6 Å². The van der Waals surface area contributed by atoms with Gasteiger partial charge in [0.1, 0.15) is 0 Å². The van der Waals surface area contributed by atoms with Gasteiger partial charge in [-0.1, -0.05) is 20.8 Å². The molecule has 0 radical (unpaired) electrons. The molecule has 0 saturated heterocycles. The minimum Gasteiger partial charge on any atom is -0.312 e. The lowest BCUT2D eigenvalue weighted by molar-refractivity contribution is 0.236. The van der Waals surface area contributed by atoms with Crippen LogP contribution in [0.3, 0.4) is 0 Å². The SMILES string of the molecule is CCC(NCC(CC(C)C)N(C)C)C1CC1. The van der Waals surface area contributed by atoms with Crippen LogP contribution in [0.4, 0.5) is 0 Å². The molecule has 1 N–H and O–H groups in total. The molecule has 1 rings (SSSR count). The Morgan fingerprint density at radius 1 is 1.25 bits per heavy atom. The third-order valence-electron chi connectivity index (χ3n) is 3.72. The van der Waals surface area contributed by atoms with Crippen molar-refractivity contribution in [1.29, 1.82) is 0 Å². The fourth-order valence-electron chi connectivity index (χ4n) is 2.45. The summed E-state index contributed by atoms with van der Waals surface area (Å²) in [5.41, 5.74) is 0. The van der Waals surface area contributed by atoms with Crippen molar-refractivity contribution >= 4 is 0 Å². The highest BCUT2D eigenvalue weighted by Gasteiger charge is 2.30. The molecular weight excluding hydrogens is 196 g/mol. The maximum atomic E-state index is 3.78. The van der Waals surface area contributed by atoms with Crippen LogP contribution in [0.2, 0.25) is 0 Å². The summed E-state index contributed by atoms with van der Waals surface area (Å²) in [6.45, 7) is 8.09. The quantitative estimate of drug-likeness (QED) is 0.684. The van der Waals surface area contributed by atoms with Gasteiger partial charge in [0.15, 0.2) is 0 Å². The lowest BCUT2D eigenvalue weighted by Gasteiger charge is -2.28. The smallest absolute Gasteiger partial charge is 0.0217 e. The molecule has 0 spiro atoms. The predicted molar refractivity (Wildman–Crippen MR) is 71.7 cm³/mol. The molecule has 1 saturated carbocycles. The Morgan fingerprint density at radius 3 is 2.25 bits per heavy atom. The van der Waals surface area contributed by atoms with Crippen LogP contribution in [0, 0.1) is 11.8 Å². The van der Waals surface area contributed by atoms with Gasteiger partial charge >= 0.3 is 0 Å². The van der Waals surface area contributed by atoms with E-state index >= 15 is 0 Å². The third kappa shape index (κ3) is 4.84. The van der Waals surface area contributed by atoms with Crippen molar-refractivity contribution in [3.8, 4) is 0 Å². The number of nitrogens with zero attached hydrogens (tertiary/aromatic N) is 1. The summed E-state index contributed by atoms with van der Waals surface area (Å²) < 4.78 is 0. The van der Waals surface area contributed by atoms with Crippen molar-refractivity contribution in [3.05, 3.63) is 0 Å². The van der Waals surface area contributed by atoms with Gasteiger partial charge in [0.25, 0.3) is 0 Å². The molecule has 0 aromatic heterocycles. The number of rotatable bonds is 8. The van der Waals surface area contributed by atoms with Crippen LogP contribution < -0.4 is 5.32 Å². The van der Waals surface area contributed by atoms with Gasteiger partial charge in [-0.3, -0.25) is 0 Å². The van der Waals surface area contributed by atoms with Crippen molar-refractivity contribution in [2.45, 2.75) is 58.5 Å². The average molecular weight is 226 g/mol. The van der Waals surface area contributed by atoms with Crippen LogP contribution in [-0.2, 0) is 0 Å². The molecule has 2 atom stereocenters. The summed E-state index contributed by atoms with van der Waals surface area (Å²) >= 11 is 0. The van der Waals surface area contributed by atoms with Gasteiger partial charge in [0.2, 0.25) is 0 Å². The molecule has 0 amide bonds. The van der Waals surface area contributed by atoms with E-state index in [0.29, 0.717) is 6.04 Å². The molecule has 0 aliphatic heterocycles. The zero-order chi connectivity index (χ0) is 12.1. The molecule has 96 valence electrons. The van der Waals surface area contributed by atoms with Crippen LogP contribution in [0.5, 0.6) is 0 Å². The first kappa shape index (κ1) is 14.0. The molecule has 2 unspecified atom stereocenters. The summed E-state index contributed by atoms with van der Waals surface area (Å²) in [5.74, 6) is 1.77. The lowest BCUT2D eigenvalue weighted by atomic mass is 10.0. The Balaban J connectivity index is 2.30. The Morgan fingerprint density at radius 2 is 1.88 bits per heavy atom. The van der Waals surface area contributed by atoms with Crippen LogP contribution in [0.25, 0.3) is 0 Å². The Labute approximate surface area is 102 Å². The molecule has 16 heavy (non-hydrogen) atoms. The fourth-order valence-corrected chi connectivity index (χ4v) is 2.45. The molecule has 2 nitrogen and oxygen atoms in total. The Bertz CT molecular complexity index is 185. The maximum Gasteiger partial charge on any atom is 0.0217 e. The second-order valence-electron chi connectivity index (χ2n) is 6.01. The van der Waals surface area contributed by atoms with Crippen molar-refractivity contribution in [3.63, 3.8) is 0 Å². The van der Waals surface area contributed by atoms with Gasteiger partial charge in [0.05, 0.1) is 0 Å². The van der Waals surface area contributed by atoms with E-state index in [9.17, 15) is 0 Å². The van der Waals surface area contributed by atoms with Gasteiger partial charge in [-0.25, -0.2) is 0 Å². The van der Waals surface area contributed by atoms with E-state index in [1.807, 2.05) is 0 Å². The predicted octanol–water partition coefficient (Wildman–Crippen LogP) is 2.74. The molecule has 1 aliphatic rings. The zero-order valence-electron chi connectivity index (χ0n) is 11.8. The second-order valence-corrected chi connectivity index (χ2v) is 6.01. The molecule has 1 fully saturated rings. The van der Waals surface area contributed by atoms with E-state index in [2.05, 4.69) is 45.1 Å². The lowest BCUT2D eigenvalue weighted by Crippen LogP contribution is -2.43. The van der Waals surface area contributed by atoms with E-state index in [1.165, 1.54) is 25.7 Å². The third-order valence-corrected chi connectivity index (χ3v) is 3.72. The number of likely N-dealkylation sites (N-methyl/N-ethyl adjacent to an activating group) is 1.